The van der Waals surface area contributed by atoms with Crippen LogP contribution in [0.4, 0.5) is 17.3 Å². The molecule has 0 amide bonds. The molecule has 3 rings (SSSR count). The zero-order valence-electron chi connectivity index (χ0n) is 9.34. The van der Waals surface area contributed by atoms with Crippen LogP contribution in [-0.2, 0) is 0 Å². The number of benzene rings is 1. The van der Waals surface area contributed by atoms with Crippen LogP contribution >= 0.6 is 15.9 Å². The van der Waals surface area contributed by atoms with Crippen molar-refractivity contribution in [1.82, 2.24) is 14.4 Å². The first-order valence-corrected chi connectivity index (χ1v) is 6.13. The van der Waals surface area contributed by atoms with E-state index in [-0.39, 0.29) is 0 Å². The third-order valence-corrected chi connectivity index (χ3v) is 2.97. The van der Waals surface area contributed by atoms with Gasteiger partial charge in [-0.05, 0) is 18.2 Å². The first-order valence-electron chi connectivity index (χ1n) is 5.34. The van der Waals surface area contributed by atoms with Gasteiger partial charge in [0.2, 0.25) is 0 Å². The number of hydrogen-bond acceptors (Lipinski definition) is 4. The van der Waals surface area contributed by atoms with Crippen molar-refractivity contribution < 1.29 is 0 Å². The summed E-state index contributed by atoms with van der Waals surface area (Å²) in [6.07, 6.45) is 5.27. The highest BCUT2D eigenvalue weighted by Gasteiger charge is 2.06. The topological polar surface area (TPSA) is 68.2 Å². The number of anilines is 3. The van der Waals surface area contributed by atoms with Gasteiger partial charge in [0.1, 0.15) is 5.82 Å². The number of halogens is 1. The smallest absolute Gasteiger partial charge is 0.180 e. The zero-order chi connectivity index (χ0) is 12.5. The minimum atomic E-state index is 0.443. The van der Waals surface area contributed by atoms with Crippen LogP contribution in [0.25, 0.3) is 5.65 Å². The molecular formula is C12H10BrN5. The second-order valence-electron chi connectivity index (χ2n) is 3.81. The molecule has 0 saturated carbocycles. The number of aromatic nitrogens is 3. The fourth-order valence-corrected chi connectivity index (χ4v) is 2.14. The van der Waals surface area contributed by atoms with E-state index in [2.05, 4.69) is 31.2 Å². The Morgan fingerprint density at radius 3 is 3.06 bits per heavy atom. The minimum Gasteiger partial charge on any atom is -0.382 e. The average Bonchev–Trinajstić information content (AvgIpc) is 2.77. The van der Waals surface area contributed by atoms with Crippen LogP contribution in [0.5, 0.6) is 0 Å². The largest absolute Gasteiger partial charge is 0.382 e. The standard InChI is InChI=1S/C12H10BrN5/c13-8-2-1-3-9(6-8)16-11-12-15-4-5-18(12)7-10(14)17-11/h1-7H,14H2,(H,16,17). The van der Waals surface area contributed by atoms with Gasteiger partial charge < -0.3 is 15.5 Å². The molecule has 1 aromatic carbocycles. The Labute approximate surface area is 112 Å². The van der Waals surface area contributed by atoms with E-state index in [1.54, 1.807) is 12.4 Å². The highest BCUT2D eigenvalue weighted by Crippen LogP contribution is 2.22. The van der Waals surface area contributed by atoms with E-state index in [4.69, 9.17) is 5.73 Å². The lowest BCUT2D eigenvalue weighted by Crippen LogP contribution is -2.01. The summed E-state index contributed by atoms with van der Waals surface area (Å²) in [4.78, 5) is 8.52. The van der Waals surface area contributed by atoms with Crippen LogP contribution < -0.4 is 11.1 Å². The minimum absolute atomic E-state index is 0.443. The van der Waals surface area contributed by atoms with Gasteiger partial charge in [-0.2, -0.15) is 0 Å². The van der Waals surface area contributed by atoms with E-state index in [9.17, 15) is 0 Å². The molecule has 0 saturated heterocycles. The average molecular weight is 304 g/mol. The van der Waals surface area contributed by atoms with Crippen LogP contribution in [0.3, 0.4) is 0 Å². The molecule has 0 radical (unpaired) electrons. The summed E-state index contributed by atoms with van der Waals surface area (Å²) in [5, 5.41) is 3.21. The molecule has 0 unspecified atom stereocenters. The lowest BCUT2D eigenvalue weighted by atomic mass is 10.3. The molecule has 2 aromatic heterocycles. The van der Waals surface area contributed by atoms with Gasteiger partial charge in [-0.3, -0.25) is 0 Å². The Kier molecular flexibility index (Phi) is 2.64. The Balaban J connectivity index is 2.06. The van der Waals surface area contributed by atoms with Gasteiger partial charge in [0.25, 0.3) is 0 Å². The molecular weight excluding hydrogens is 294 g/mol. The van der Waals surface area contributed by atoms with Gasteiger partial charge in [0.05, 0.1) is 6.20 Å². The third kappa shape index (κ3) is 2.02. The Hall–Kier alpha value is -2.08. The first-order chi connectivity index (χ1) is 8.72. The number of nitrogen functional groups attached to an aromatic ring is 1. The molecule has 0 aliphatic heterocycles. The second-order valence-corrected chi connectivity index (χ2v) is 4.72. The van der Waals surface area contributed by atoms with Crippen molar-refractivity contribution in [1.29, 1.82) is 0 Å². The fourth-order valence-electron chi connectivity index (χ4n) is 1.74. The van der Waals surface area contributed by atoms with E-state index in [1.807, 2.05) is 34.9 Å². The number of nitrogens with one attached hydrogen (secondary N) is 1. The van der Waals surface area contributed by atoms with Gasteiger partial charge in [0, 0.05) is 22.6 Å². The number of rotatable bonds is 2. The number of nitrogens with two attached hydrogens (primary N) is 1. The molecule has 18 heavy (non-hydrogen) atoms. The predicted molar refractivity (Wildman–Crippen MR) is 74.8 cm³/mol. The molecule has 0 aliphatic carbocycles. The summed E-state index contributed by atoms with van der Waals surface area (Å²) < 4.78 is 2.83. The lowest BCUT2D eigenvalue weighted by molar-refractivity contribution is 1.14. The number of hydrogen-bond donors (Lipinski definition) is 2. The van der Waals surface area contributed by atoms with E-state index in [1.165, 1.54) is 0 Å². The summed E-state index contributed by atoms with van der Waals surface area (Å²) in [7, 11) is 0. The van der Waals surface area contributed by atoms with Gasteiger partial charge in [-0.15, -0.1) is 0 Å². The van der Waals surface area contributed by atoms with Crippen molar-refractivity contribution in [2.24, 2.45) is 0 Å². The summed E-state index contributed by atoms with van der Waals surface area (Å²) in [5.41, 5.74) is 7.42. The van der Waals surface area contributed by atoms with Crippen LogP contribution in [-0.4, -0.2) is 14.4 Å². The van der Waals surface area contributed by atoms with Crippen molar-refractivity contribution in [3.05, 3.63) is 47.3 Å². The Bertz CT molecular complexity index is 707. The summed E-state index contributed by atoms with van der Waals surface area (Å²) in [6, 6.07) is 7.82. The van der Waals surface area contributed by atoms with Crippen LogP contribution in [0.2, 0.25) is 0 Å². The van der Waals surface area contributed by atoms with Crippen LogP contribution in [0, 0.1) is 0 Å². The van der Waals surface area contributed by atoms with Crippen molar-refractivity contribution >= 4 is 38.9 Å². The maximum Gasteiger partial charge on any atom is 0.180 e. The number of nitrogens with zero attached hydrogens (tertiary/aromatic N) is 3. The summed E-state index contributed by atoms with van der Waals surface area (Å²) in [5.74, 6) is 1.08. The Morgan fingerprint density at radius 2 is 2.22 bits per heavy atom. The predicted octanol–water partition coefficient (Wildman–Crippen LogP) is 2.82. The maximum atomic E-state index is 5.76. The fraction of sp³-hybridized carbons (Fsp3) is 0. The second kappa shape index (κ2) is 4.30. The van der Waals surface area contributed by atoms with E-state index in [0.717, 1.165) is 15.8 Å². The van der Waals surface area contributed by atoms with Crippen molar-refractivity contribution in [3.63, 3.8) is 0 Å². The van der Waals surface area contributed by atoms with Crippen LogP contribution in [0.1, 0.15) is 0 Å². The zero-order valence-corrected chi connectivity index (χ0v) is 10.9. The molecule has 3 N–H and O–H groups in total. The molecule has 0 aliphatic rings. The molecule has 2 heterocycles. The van der Waals surface area contributed by atoms with Crippen molar-refractivity contribution in [2.75, 3.05) is 11.1 Å². The SMILES string of the molecule is Nc1cn2ccnc2c(Nc2cccc(Br)c2)n1. The molecule has 6 heteroatoms. The van der Waals surface area contributed by atoms with E-state index in [0.29, 0.717) is 11.6 Å². The van der Waals surface area contributed by atoms with E-state index >= 15 is 0 Å². The normalized spacial score (nSPS) is 10.7. The Morgan fingerprint density at radius 1 is 1.33 bits per heavy atom. The summed E-state index contributed by atoms with van der Waals surface area (Å²) >= 11 is 3.43. The van der Waals surface area contributed by atoms with E-state index < -0.39 is 0 Å². The summed E-state index contributed by atoms with van der Waals surface area (Å²) in [6.45, 7) is 0. The molecule has 0 fully saturated rings. The van der Waals surface area contributed by atoms with Gasteiger partial charge in [-0.25, -0.2) is 9.97 Å². The molecule has 0 spiro atoms. The van der Waals surface area contributed by atoms with Gasteiger partial charge in [0.15, 0.2) is 11.5 Å². The molecule has 0 bridgehead atoms. The molecule has 90 valence electrons. The van der Waals surface area contributed by atoms with Crippen molar-refractivity contribution in [3.8, 4) is 0 Å². The van der Waals surface area contributed by atoms with Gasteiger partial charge >= 0.3 is 0 Å². The number of imidazole rings is 1. The van der Waals surface area contributed by atoms with Gasteiger partial charge in [-0.1, -0.05) is 22.0 Å². The molecule has 0 atom stereocenters. The van der Waals surface area contributed by atoms with Crippen LogP contribution in [0.15, 0.2) is 47.3 Å². The highest BCUT2D eigenvalue weighted by molar-refractivity contribution is 9.10. The maximum absolute atomic E-state index is 5.76. The lowest BCUT2D eigenvalue weighted by Gasteiger charge is -2.08. The highest BCUT2D eigenvalue weighted by atomic mass is 79.9. The van der Waals surface area contributed by atoms with Crippen molar-refractivity contribution in [2.45, 2.75) is 0 Å². The quantitative estimate of drug-likeness (QED) is 0.764. The molecule has 5 nitrogen and oxygen atoms in total. The first kappa shape index (κ1) is 11.0. The third-order valence-electron chi connectivity index (χ3n) is 2.48. The number of fused-ring (bicyclic) bond motifs is 1. The molecule has 3 aromatic rings. The monoisotopic (exact) mass is 303 g/mol.